The van der Waals surface area contributed by atoms with Crippen molar-refractivity contribution in [2.24, 2.45) is 23.7 Å². The Balaban J connectivity index is 5.91. The van der Waals surface area contributed by atoms with Gasteiger partial charge < -0.3 is 36.1 Å². The minimum Gasteiger partial charge on any atom is -0.467 e. The lowest BCUT2D eigenvalue weighted by atomic mass is 9.95. The molecule has 16 heteroatoms. The van der Waals surface area contributed by atoms with Gasteiger partial charge in [-0.1, -0.05) is 68.2 Å². The van der Waals surface area contributed by atoms with Crippen molar-refractivity contribution in [1.29, 1.82) is 0 Å². The fourth-order valence-electron chi connectivity index (χ4n) is 4.47. The number of Topliss-reactive ketones (excluding diaryl/α,β-unsaturated/α-hetero) is 1. The summed E-state index contributed by atoms with van der Waals surface area (Å²) in [7, 11) is 1.13. The van der Waals surface area contributed by atoms with Gasteiger partial charge in [-0.3, -0.25) is 24.0 Å². The van der Waals surface area contributed by atoms with Crippen molar-refractivity contribution in [2.75, 3.05) is 7.11 Å². The molecule has 49 heavy (non-hydrogen) atoms. The number of carbonyl (C=O) groups excluding carboxylic acids is 7. The van der Waals surface area contributed by atoms with E-state index in [4.69, 9.17) is 9.47 Å². The zero-order valence-corrected chi connectivity index (χ0v) is 31.0. The van der Waals surface area contributed by atoms with Gasteiger partial charge >= 0.3 is 18.0 Å². The number of hydrogen-bond acceptors (Lipinski definition) is 9. The van der Waals surface area contributed by atoms with Crippen LogP contribution in [0.25, 0.3) is 0 Å². The first-order valence-electron chi connectivity index (χ1n) is 16.6. The molecule has 0 radical (unpaired) electrons. The molecular weight excluding hydrogens is 648 g/mol. The number of ketones is 1. The molecule has 0 aromatic heterocycles. The van der Waals surface area contributed by atoms with Gasteiger partial charge in [0.1, 0.15) is 29.8 Å². The average Bonchev–Trinajstić information content (AvgIpc) is 3.00. The number of ether oxygens (including phenoxy) is 2. The van der Waals surface area contributed by atoms with Crippen LogP contribution in [0, 0.1) is 23.7 Å². The molecule has 14 nitrogen and oxygen atoms in total. The lowest BCUT2D eigenvalue weighted by Crippen LogP contribution is -2.62. The van der Waals surface area contributed by atoms with Crippen molar-refractivity contribution >= 4 is 41.5 Å². The molecule has 0 heterocycles. The summed E-state index contributed by atoms with van der Waals surface area (Å²) in [6.07, 6.45) is -0.0308. The van der Waals surface area contributed by atoms with E-state index in [2.05, 4.69) is 21.3 Å². The second-order valence-corrected chi connectivity index (χ2v) is 14.0. The van der Waals surface area contributed by atoms with E-state index >= 15 is 8.78 Å². The van der Waals surface area contributed by atoms with Crippen molar-refractivity contribution < 1.29 is 51.8 Å². The quantitative estimate of drug-likeness (QED) is 0.105. The van der Waals surface area contributed by atoms with Gasteiger partial charge in [0.05, 0.1) is 13.2 Å². The van der Waals surface area contributed by atoms with Crippen LogP contribution in [0.4, 0.5) is 13.6 Å². The highest BCUT2D eigenvalue weighted by molar-refractivity contribution is 6.11. The normalized spacial score (nSPS) is 16.2. The second-order valence-electron chi connectivity index (χ2n) is 14.0. The van der Waals surface area contributed by atoms with Gasteiger partial charge in [-0.25, -0.2) is 9.59 Å². The van der Waals surface area contributed by atoms with Gasteiger partial charge in [-0.15, -0.1) is 0 Å². The first-order chi connectivity index (χ1) is 22.4. The van der Waals surface area contributed by atoms with Crippen LogP contribution in [0.15, 0.2) is 0 Å². The maximum atomic E-state index is 15.3. The summed E-state index contributed by atoms with van der Waals surface area (Å²) in [5, 5.41) is 11.5. The molecule has 5 N–H and O–H groups in total. The summed E-state index contributed by atoms with van der Waals surface area (Å²) in [4.78, 5) is 89.7. The molecule has 0 saturated carbocycles. The van der Waals surface area contributed by atoms with Crippen LogP contribution in [0.3, 0.4) is 0 Å². The van der Waals surface area contributed by atoms with Crippen molar-refractivity contribution in [3.8, 4) is 0 Å². The summed E-state index contributed by atoms with van der Waals surface area (Å²) in [6.45, 7) is 18.9. The van der Waals surface area contributed by atoms with E-state index in [1.165, 1.54) is 13.8 Å². The number of nitrogens with one attached hydrogen (secondary N) is 5. The number of rotatable bonds is 18. The van der Waals surface area contributed by atoms with Gasteiger partial charge in [0.15, 0.2) is 0 Å². The molecule has 0 rings (SSSR count). The number of carbonyl (C=O) groups is 7. The van der Waals surface area contributed by atoms with E-state index < -0.39 is 101 Å². The topological polar surface area (TPSA) is 198 Å². The lowest BCUT2D eigenvalue weighted by molar-refractivity contribution is -0.161. The van der Waals surface area contributed by atoms with E-state index in [1.54, 1.807) is 62.3 Å². The van der Waals surface area contributed by atoms with Crippen LogP contribution >= 0.6 is 0 Å². The smallest absolute Gasteiger partial charge is 0.408 e. The highest BCUT2D eigenvalue weighted by Gasteiger charge is 2.51. The Labute approximate surface area is 288 Å². The van der Waals surface area contributed by atoms with Crippen LogP contribution in [0.2, 0.25) is 0 Å². The van der Waals surface area contributed by atoms with Gasteiger partial charge in [0, 0.05) is 0 Å². The summed E-state index contributed by atoms with van der Waals surface area (Å²) in [5.41, 5.74) is -0.841. The molecule has 0 spiro atoms. The van der Waals surface area contributed by atoms with E-state index in [0.29, 0.717) is 12.8 Å². The molecule has 282 valence electrons. The maximum absolute atomic E-state index is 15.3. The van der Waals surface area contributed by atoms with Crippen molar-refractivity contribution in [3.05, 3.63) is 0 Å². The highest BCUT2D eigenvalue weighted by atomic mass is 19.3. The fraction of sp³-hybridized carbons (Fsp3) is 0.788. The number of halogens is 2. The van der Waals surface area contributed by atoms with Crippen LogP contribution in [-0.4, -0.2) is 90.3 Å². The van der Waals surface area contributed by atoms with E-state index in [0.717, 1.165) is 14.0 Å². The Morgan fingerprint density at radius 3 is 1.43 bits per heavy atom. The zero-order chi connectivity index (χ0) is 38.6. The van der Waals surface area contributed by atoms with E-state index in [-0.39, 0.29) is 5.92 Å². The molecule has 0 aliphatic carbocycles. The fourth-order valence-corrected chi connectivity index (χ4v) is 4.47. The van der Waals surface area contributed by atoms with Gasteiger partial charge in [0.25, 0.3) is 5.91 Å². The number of amides is 5. The SMILES string of the molecule is CC[C@H](C)[C@H](NC(=O)[C@@H](NC(=O)OC(C)(C)C)C(C)C)C(=O)N[C@@H](C)C(=O)C(F)(F)C(=O)N[C@H](C(=O)N[C@H](C(=O)OC)[C@@H](C)CC)C(C)C. The second kappa shape index (κ2) is 19.4. The molecule has 7 atom stereocenters. The Bertz CT molecular complexity index is 1190. The third kappa shape index (κ3) is 13.9. The van der Waals surface area contributed by atoms with Gasteiger partial charge in [-0.2, -0.15) is 8.78 Å². The van der Waals surface area contributed by atoms with Crippen molar-refractivity contribution in [3.63, 3.8) is 0 Å². The molecule has 0 aromatic carbocycles. The molecule has 0 bridgehead atoms. The first kappa shape index (κ1) is 45.2. The number of alkyl carbamates (subject to hydrolysis) is 1. The molecule has 5 amide bonds. The van der Waals surface area contributed by atoms with E-state index in [1.807, 2.05) is 5.32 Å². The van der Waals surface area contributed by atoms with E-state index in [9.17, 15) is 33.6 Å². The Hall–Kier alpha value is -3.85. The summed E-state index contributed by atoms with van der Waals surface area (Å²) >= 11 is 0. The van der Waals surface area contributed by atoms with Crippen LogP contribution in [-0.2, 0) is 38.2 Å². The minimum atomic E-state index is -4.69. The average molecular weight is 706 g/mol. The van der Waals surface area contributed by atoms with Crippen molar-refractivity contribution in [1.82, 2.24) is 26.6 Å². The lowest BCUT2D eigenvalue weighted by Gasteiger charge is -2.30. The molecule has 0 fully saturated rings. The third-order valence-corrected chi connectivity index (χ3v) is 7.96. The maximum Gasteiger partial charge on any atom is 0.408 e. The minimum absolute atomic E-state index is 0.359. The standard InChI is InChI=1S/C33H57F2N5O9/c1-14-18(7)23(37-27(43)22(17(5)6)40-31(47)49-32(10,11)12)28(44)36-20(9)25(41)33(34,35)30(46)39-21(16(3)4)26(42)38-24(19(8)15-2)29(45)48-13/h16-24H,14-15H2,1-13H3,(H,36,44)(H,37,43)(H,38,42)(H,39,46)(H,40,47)/t18-,19-,20-,21-,22-,23-,24-/m0/s1. The highest BCUT2D eigenvalue weighted by Crippen LogP contribution is 2.20. The predicted molar refractivity (Wildman–Crippen MR) is 177 cm³/mol. The zero-order valence-electron chi connectivity index (χ0n) is 31.0. The van der Waals surface area contributed by atoms with Crippen LogP contribution in [0.5, 0.6) is 0 Å². The largest absolute Gasteiger partial charge is 0.467 e. The van der Waals surface area contributed by atoms with Gasteiger partial charge in [0.2, 0.25) is 23.5 Å². The Morgan fingerprint density at radius 1 is 0.612 bits per heavy atom. The van der Waals surface area contributed by atoms with Gasteiger partial charge in [-0.05, 0) is 51.4 Å². The summed E-state index contributed by atoms with van der Waals surface area (Å²) < 4.78 is 40.5. The Kier molecular flexibility index (Phi) is 17.8. The predicted octanol–water partition coefficient (Wildman–Crippen LogP) is 2.62. The molecule has 0 aliphatic rings. The third-order valence-electron chi connectivity index (χ3n) is 7.96. The molecule has 0 aromatic rings. The van der Waals surface area contributed by atoms with Crippen LogP contribution in [0.1, 0.15) is 95.9 Å². The summed E-state index contributed by atoms with van der Waals surface area (Å²) in [5.74, 6) is -14.2. The molecule has 0 aliphatic heterocycles. The monoisotopic (exact) mass is 705 g/mol. The molecule has 0 unspecified atom stereocenters. The van der Waals surface area contributed by atoms with Crippen LogP contribution < -0.4 is 26.6 Å². The molecular formula is C33H57F2N5O9. The Morgan fingerprint density at radius 2 is 1.02 bits per heavy atom. The number of esters is 1. The number of methoxy groups -OCH3 is 1. The first-order valence-corrected chi connectivity index (χ1v) is 16.6. The molecule has 0 saturated heterocycles. The van der Waals surface area contributed by atoms with Crippen molar-refractivity contribution in [2.45, 2.75) is 138 Å². The number of hydrogen-bond donors (Lipinski definition) is 5. The number of alkyl halides is 2. The summed E-state index contributed by atoms with van der Waals surface area (Å²) in [6, 6.07) is -7.00.